The number of ether oxygens (including phenoxy) is 2. The summed E-state index contributed by atoms with van der Waals surface area (Å²) < 4.78 is 11.9. The highest BCUT2D eigenvalue weighted by atomic mass is 33.1. The van der Waals surface area contributed by atoms with Gasteiger partial charge in [0.1, 0.15) is 12.3 Å². The normalized spacial score (nSPS) is 13.2. The van der Waals surface area contributed by atoms with Gasteiger partial charge in [0.2, 0.25) is 11.6 Å². The van der Waals surface area contributed by atoms with E-state index >= 15 is 0 Å². The number of carbonyl (C=O) groups excluding carboxylic acids is 3. The van der Waals surface area contributed by atoms with E-state index in [4.69, 9.17) is 14.6 Å². The Morgan fingerprint density at radius 1 is 1.18 bits per heavy atom. The summed E-state index contributed by atoms with van der Waals surface area (Å²) in [5.41, 5.74) is 1.65. The first-order valence-corrected chi connectivity index (χ1v) is 10.9. The number of fused-ring (bicyclic) bond motifs is 1. The Labute approximate surface area is 170 Å². The molecule has 1 aromatic heterocycles. The van der Waals surface area contributed by atoms with E-state index in [0.717, 1.165) is 0 Å². The van der Waals surface area contributed by atoms with Gasteiger partial charge in [-0.3, -0.25) is 19.2 Å². The minimum atomic E-state index is -0.853. The summed E-state index contributed by atoms with van der Waals surface area (Å²) in [6.45, 7) is 1.64. The fourth-order valence-corrected chi connectivity index (χ4v) is 4.65. The van der Waals surface area contributed by atoms with Gasteiger partial charge in [0.05, 0.1) is 25.5 Å². The molecule has 0 aromatic carbocycles. The van der Waals surface area contributed by atoms with Crippen LogP contribution in [0, 0.1) is 6.92 Å². The van der Waals surface area contributed by atoms with Gasteiger partial charge in [-0.15, -0.1) is 0 Å². The van der Waals surface area contributed by atoms with Crippen molar-refractivity contribution in [3.8, 4) is 0 Å². The number of ketones is 2. The molecule has 0 bridgehead atoms. The number of nitrogens with zero attached hydrogens (tertiary/aromatic N) is 1. The highest BCUT2D eigenvalue weighted by Crippen LogP contribution is 2.30. The molecule has 0 amide bonds. The van der Waals surface area contributed by atoms with Crippen LogP contribution in [-0.2, 0) is 32.7 Å². The Balaban J connectivity index is 1.96. The van der Waals surface area contributed by atoms with Crippen LogP contribution in [0.3, 0.4) is 0 Å². The van der Waals surface area contributed by atoms with E-state index in [-0.39, 0.29) is 42.2 Å². The minimum absolute atomic E-state index is 0.0366. The first kappa shape index (κ1) is 22.1. The molecular formula is C18H21NO7S2. The first-order valence-electron chi connectivity index (χ1n) is 8.42. The quantitative estimate of drug-likeness (QED) is 0.342. The van der Waals surface area contributed by atoms with Crippen molar-refractivity contribution in [2.45, 2.75) is 26.4 Å². The Morgan fingerprint density at radius 2 is 1.82 bits per heavy atom. The van der Waals surface area contributed by atoms with E-state index in [2.05, 4.69) is 0 Å². The van der Waals surface area contributed by atoms with Crippen LogP contribution in [0.1, 0.15) is 44.9 Å². The third-order valence-corrected chi connectivity index (χ3v) is 6.64. The molecule has 2 rings (SSSR count). The average molecular weight is 428 g/mol. The molecule has 0 saturated carbocycles. The van der Waals surface area contributed by atoms with Crippen LogP contribution in [0.15, 0.2) is 11.8 Å². The largest absolute Gasteiger partial charge is 0.492 e. The van der Waals surface area contributed by atoms with Gasteiger partial charge in [0.25, 0.3) is 0 Å². The summed E-state index contributed by atoms with van der Waals surface area (Å²) >= 11 is 0. The SMILES string of the molecule is COC1=CC(=O)c2c(c(COC(=O)CCSSCCC(=O)O)c(C)n2C)C1=O. The molecular weight excluding hydrogens is 406 g/mol. The maximum Gasteiger partial charge on any atom is 0.306 e. The van der Waals surface area contributed by atoms with Gasteiger partial charge in [0.15, 0.2) is 5.76 Å². The predicted octanol–water partition coefficient (Wildman–Crippen LogP) is 2.53. The monoisotopic (exact) mass is 427 g/mol. The molecule has 152 valence electrons. The molecule has 1 aliphatic rings. The molecule has 0 fully saturated rings. The molecule has 8 nitrogen and oxygen atoms in total. The van der Waals surface area contributed by atoms with Crippen molar-refractivity contribution in [1.29, 1.82) is 0 Å². The second-order valence-corrected chi connectivity index (χ2v) is 8.65. The summed E-state index contributed by atoms with van der Waals surface area (Å²) in [5.74, 6) is -1.10. The molecule has 0 atom stereocenters. The predicted molar refractivity (Wildman–Crippen MR) is 105 cm³/mol. The summed E-state index contributed by atoms with van der Waals surface area (Å²) in [6, 6.07) is 0. The number of carbonyl (C=O) groups is 4. The lowest BCUT2D eigenvalue weighted by Crippen LogP contribution is -2.20. The first-order chi connectivity index (χ1) is 13.3. The van der Waals surface area contributed by atoms with Crippen LogP contribution in [-0.4, -0.2) is 51.8 Å². The van der Waals surface area contributed by atoms with E-state index < -0.39 is 17.7 Å². The lowest BCUT2D eigenvalue weighted by molar-refractivity contribution is -0.144. The number of rotatable bonds is 10. The van der Waals surface area contributed by atoms with Crippen LogP contribution < -0.4 is 0 Å². The van der Waals surface area contributed by atoms with E-state index in [0.29, 0.717) is 22.8 Å². The third-order valence-electron chi connectivity index (χ3n) is 4.23. The number of Topliss-reactive ketones (excluding diaryl/α,β-unsaturated/α-hetero) is 1. The van der Waals surface area contributed by atoms with Crippen molar-refractivity contribution < 1.29 is 33.8 Å². The van der Waals surface area contributed by atoms with E-state index in [1.807, 2.05) is 0 Å². The number of carboxylic acid groups (broad SMARTS) is 1. The zero-order chi connectivity index (χ0) is 20.8. The lowest BCUT2D eigenvalue weighted by Gasteiger charge is -2.13. The van der Waals surface area contributed by atoms with Crippen molar-refractivity contribution in [2.75, 3.05) is 18.6 Å². The number of hydrogen-bond donors (Lipinski definition) is 1. The maximum absolute atomic E-state index is 12.6. The maximum atomic E-state index is 12.6. The van der Waals surface area contributed by atoms with Gasteiger partial charge >= 0.3 is 11.9 Å². The van der Waals surface area contributed by atoms with E-state index in [1.54, 1.807) is 18.5 Å². The van der Waals surface area contributed by atoms with Crippen molar-refractivity contribution >= 4 is 45.1 Å². The molecule has 0 spiro atoms. The topological polar surface area (TPSA) is 112 Å². The zero-order valence-corrected chi connectivity index (χ0v) is 17.4. The van der Waals surface area contributed by atoms with Crippen molar-refractivity contribution in [1.82, 2.24) is 4.57 Å². The van der Waals surface area contributed by atoms with Crippen molar-refractivity contribution in [3.05, 3.63) is 34.3 Å². The van der Waals surface area contributed by atoms with Crippen LogP contribution in [0.5, 0.6) is 0 Å². The minimum Gasteiger partial charge on any atom is -0.492 e. The van der Waals surface area contributed by atoms with E-state index in [1.165, 1.54) is 34.8 Å². The van der Waals surface area contributed by atoms with Crippen LogP contribution in [0.25, 0.3) is 0 Å². The molecule has 0 aliphatic heterocycles. The van der Waals surface area contributed by atoms with Crippen molar-refractivity contribution in [2.24, 2.45) is 7.05 Å². The molecule has 1 heterocycles. The second kappa shape index (κ2) is 9.83. The van der Waals surface area contributed by atoms with Crippen LogP contribution in [0.2, 0.25) is 0 Å². The van der Waals surface area contributed by atoms with Gasteiger partial charge in [-0.1, -0.05) is 21.6 Å². The molecule has 1 N–H and O–H groups in total. The number of aliphatic carboxylic acids is 1. The third kappa shape index (κ3) is 4.99. The highest BCUT2D eigenvalue weighted by Gasteiger charge is 2.34. The molecule has 0 radical (unpaired) electrons. The second-order valence-electron chi connectivity index (χ2n) is 5.95. The Kier molecular flexibility index (Phi) is 7.76. The fourth-order valence-electron chi connectivity index (χ4n) is 2.70. The van der Waals surface area contributed by atoms with Crippen LogP contribution in [0.4, 0.5) is 0 Å². The summed E-state index contributed by atoms with van der Waals surface area (Å²) in [4.78, 5) is 47.3. The number of carboxylic acids is 1. The number of esters is 1. The van der Waals surface area contributed by atoms with Gasteiger partial charge in [-0.05, 0) is 6.92 Å². The smallest absolute Gasteiger partial charge is 0.306 e. The summed E-state index contributed by atoms with van der Waals surface area (Å²) in [7, 11) is 5.80. The average Bonchev–Trinajstić information content (AvgIpc) is 2.90. The lowest BCUT2D eigenvalue weighted by atomic mass is 9.96. The summed E-state index contributed by atoms with van der Waals surface area (Å²) in [6.07, 6.45) is 1.40. The summed E-state index contributed by atoms with van der Waals surface area (Å²) in [5, 5.41) is 8.56. The van der Waals surface area contributed by atoms with Crippen molar-refractivity contribution in [3.63, 3.8) is 0 Å². The van der Waals surface area contributed by atoms with Crippen LogP contribution >= 0.6 is 21.6 Å². The molecule has 0 saturated heterocycles. The number of aromatic nitrogens is 1. The molecule has 28 heavy (non-hydrogen) atoms. The standard InChI is InChI=1S/C18H21NO7S2/c1-10-11(9-26-15(23)5-7-28-27-6-4-14(21)22)16-17(19(10)2)12(20)8-13(25-3)18(16)24/h8H,4-7,9H2,1-3H3,(H,21,22). The Bertz CT molecular complexity index is 841. The van der Waals surface area contributed by atoms with E-state index in [9.17, 15) is 19.2 Å². The molecule has 0 unspecified atom stereocenters. The Hall–Kier alpha value is -2.20. The van der Waals surface area contributed by atoms with Gasteiger partial charge in [0, 0.05) is 35.9 Å². The number of methoxy groups -OCH3 is 1. The molecule has 10 heteroatoms. The highest BCUT2D eigenvalue weighted by molar-refractivity contribution is 8.76. The van der Waals surface area contributed by atoms with Gasteiger partial charge in [-0.2, -0.15) is 0 Å². The fraction of sp³-hybridized carbons (Fsp3) is 0.444. The Morgan fingerprint density at radius 3 is 2.43 bits per heavy atom. The molecule has 1 aliphatic carbocycles. The van der Waals surface area contributed by atoms with Gasteiger partial charge < -0.3 is 19.1 Å². The zero-order valence-electron chi connectivity index (χ0n) is 15.8. The number of allylic oxidation sites excluding steroid dienone is 2. The van der Waals surface area contributed by atoms with Gasteiger partial charge in [-0.25, -0.2) is 0 Å². The number of hydrogen-bond acceptors (Lipinski definition) is 8. The molecule has 1 aromatic rings.